The fourth-order valence-corrected chi connectivity index (χ4v) is 1.37. The molecule has 1 atom stereocenters. The second-order valence-corrected chi connectivity index (χ2v) is 3.40. The molecule has 5 heteroatoms. The Hall–Kier alpha value is -1.72. The van der Waals surface area contributed by atoms with Crippen LogP contribution in [0, 0.1) is 0 Å². The lowest BCUT2D eigenvalue weighted by Gasteiger charge is -2.04. The molecule has 0 amide bonds. The van der Waals surface area contributed by atoms with Crippen molar-refractivity contribution in [2.75, 3.05) is 6.61 Å². The van der Waals surface area contributed by atoms with Gasteiger partial charge in [0.05, 0.1) is 6.61 Å². The lowest BCUT2D eigenvalue weighted by atomic mass is 10.2. The molecule has 0 saturated carbocycles. The van der Waals surface area contributed by atoms with Crippen LogP contribution in [0.5, 0.6) is 0 Å². The van der Waals surface area contributed by atoms with Crippen molar-refractivity contribution in [3.05, 3.63) is 35.9 Å². The highest BCUT2D eigenvalue weighted by atomic mass is 16.5. The van der Waals surface area contributed by atoms with E-state index in [1.807, 2.05) is 30.3 Å². The predicted octanol–water partition coefficient (Wildman–Crippen LogP) is 0.235. The molecule has 0 aliphatic carbocycles. The van der Waals surface area contributed by atoms with Crippen LogP contribution in [0.1, 0.15) is 5.56 Å². The van der Waals surface area contributed by atoms with E-state index in [1.165, 1.54) is 0 Å². The van der Waals surface area contributed by atoms with E-state index in [1.54, 1.807) is 0 Å². The summed E-state index contributed by atoms with van der Waals surface area (Å²) in [5.74, 6) is 0.646. The van der Waals surface area contributed by atoms with E-state index in [0.29, 0.717) is 19.0 Å². The van der Waals surface area contributed by atoms with Crippen molar-refractivity contribution in [3.8, 4) is 0 Å². The van der Waals surface area contributed by atoms with E-state index in [-0.39, 0.29) is 0 Å². The third kappa shape index (κ3) is 2.88. The SMILES string of the molecule is O=CC1N=C(COCc2ccccc2)NN1. The predicted molar refractivity (Wildman–Crippen MR) is 59.7 cm³/mol. The first-order valence-electron chi connectivity index (χ1n) is 5.03. The molecule has 5 nitrogen and oxygen atoms in total. The van der Waals surface area contributed by atoms with Crippen molar-refractivity contribution in [2.45, 2.75) is 12.8 Å². The maximum atomic E-state index is 10.4. The van der Waals surface area contributed by atoms with Gasteiger partial charge in [-0.25, -0.2) is 10.4 Å². The van der Waals surface area contributed by atoms with Gasteiger partial charge in [0, 0.05) is 0 Å². The van der Waals surface area contributed by atoms with E-state index < -0.39 is 6.17 Å². The molecule has 1 aliphatic heterocycles. The summed E-state index contributed by atoms with van der Waals surface area (Å²) in [5.41, 5.74) is 6.60. The third-order valence-corrected chi connectivity index (χ3v) is 2.14. The summed E-state index contributed by atoms with van der Waals surface area (Å²) in [4.78, 5) is 14.4. The van der Waals surface area contributed by atoms with Gasteiger partial charge in [-0.1, -0.05) is 30.3 Å². The zero-order chi connectivity index (χ0) is 11.2. The Bertz CT molecular complexity index is 378. The number of aliphatic imine (C=N–C) groups is 1. The van der Waals surface area contributed by atoms with E-state index in [2.05, 4.69) is 15.8 Å². The number of nitrogens with zero attached hydrogens (tertiary/aromatic N) is 1. The van der Waals surface area contributed by atoms with Gasteiger partial charge in [-0.3, -0.25) is 4.79 Å². The maximum Gasteiger partial charge on any atom is 0.174 e. The zero-order valence-corrected chi connectivity index (χ0v) is 8.72. The van der Waals surface area contributed by atoms with Gasteiger partial charge >= 0.3 is 0 Å². The van der Waals surface area contributed by atoms with Crippen molar-refractivity contribution in [2.24, 2.45) is 4.99 Å². The van der Waals surface area contributed by atoms with Crippen LogP contribution in [-0.2, 0) is 16.1 Å². The van der Waals surface area contributed by atoms with Crippen molar-refractivity contribution in [1.29, 1.82) is 0 Å². The van der Waals surface area contributed by atoms with Crippen LogP contribution < -0.4 is 10.9 Å². The largest absolute Gasteiger partial charge is 0.369 e. The second kappa shape index (κ2) is 5.39. The van der Waals surface area contributed by atoms with Crippen LogP contribution >= 0.6 is 0 Å². The minimum Gasteiger partial charge on any atom is -0.369 e. The quantitative estimate of drug-likeness (QED) is 0.696. The molecular weight excluding hydrogens is 206 g/mol. The van der Waals surface area contributed by atoms with Crippen molar-refractivity contribution >= 4 is 12.1 Å². The molecule has 2 N–H and O–H groups in total. The van der Waals surface area contributed by atoms with Gasteiger partial charge in [-0.2, -0.15) is 0 Å². The molecule has 1 aromatic carbocycles. The van der Waals surface area contributed by atoms with Crippen molar-refractivity contribution in [3.63, 3.8) is 0 Å². The smallest absolute Gasteiger partial charge is 0.174 e. The number of aldehydes is 1. The molecule has 84 valence electrons. The highest BCUT2D eigenvalue weighted by Gasteiger charge is 2.13. The minimum atomic E-state index is -0.490. The fourth-order valence-electron chi connectivity index (χ4n) is 1.37. The number of hydrogen-bond donors (Lipinski definition) is 2. The van der Waals surface area contributed by atoms with E-state index in [0.717, 1.165) is 11.8 Å². The molecule has 0 fully saturated rings. The summed E-state index contributed by atoms with van der Waals surface area (Å²) in [5, 5.41) is 0. The molecule has 16 heavy (non-hydrogen) atoms. The summed E-state index contributed by atoms with van der Waals surface area (Å²) in [7, 11) is 0. The molecule has 2 rings (SSSR count). The topological polar surface area (TPSA) is 62.7 Å². The minimum absolute atomic E-state index is 0.367. The number of ether oxygens (including phenoxy) is 1. The van der Waals surface area contributed by atoms with E-state index in [4.69, 9.17) is 4.74 Å². The summed E-state index contributed by atoms with van der Waals surface area (Å²) in [6.45, 7) is 0.902. The summed E-state index contributed by atoms with van der Waals surface area (Å²) in [6, 6.07) is 9.89. The van der Waals surface area contributed by atoms with Crippen LogP contribution in [-0.4, -0.2) is 24.9 Å². The molecule has 1 aliphatic rings. The van der Waals surface area contributed by atoms with Gasteiger partial charge in [0.25, 0.3) is 0 Å². The Morgan fingerprint density at radius 1 is 1.31 bits per heavy atom. The summed E-state index contributed by atoms with van der Waals surface area (Å²) >= 11 is 0. The fraction of sp³-hybridized carbons (Fsp3) is 0.273. The lowest BCUT2D eigenvalue weighted by Crippen LogP contribution is -2.37. The molecule has 1 unspecified atom stereocenters. The van der Waals surface area contributed by atoms with Crippen LogP contribution in [0.15, 0.2) is 35.3 Å². The highest BCUT2D eigenvalue weighted by molar-refractivity contribution is 5.86. The van der Waals surface area contributed by atoms with Crippen LogP contribution in [0.3, 0.4) is 0 Å². The molecule has 1 heterocycles. The van der Waals surface area contributed by atoms with E-state index >= 15 is 0 Å². The Kier molecular flexibility index (Phi) is 3.63. The highest BCUT2D eigenvalue weighted by Crippen LogP contribution is 2.00. The Balaban J connectivity index is 1.75. The molecule has 0 spiro atoms. The normalized spacial score (nSPS) is 19.0. The number of amidine groups is 1. The third-order valence-electron chi connectivity index (χ3n) is 2.14. The van der Waals surface area contributed by atoms with Gasteiger partial charge < -0.3 is 10.2 Å². The van der Waals surface area contributed by atoms with Crippen LogP contribution in [0.25, 0.3) is 0 Å². The first-order valence-corrected chi connectivity index (χ1v) is 5.03. The molecule has 0 saturated heterocycles. The number of carbonyl (C=O) groups excluding carboxylic acids is 1. The van der Waals surface area contributed by atoms with E-state index in [9.17, 15) is 4.79 Å². The van der Waals surface area contributed by atoms with Crippen molar-refractivity contribution in [1.82, 2.24) is 10.9 Å². The zero-order valence-electron chi connectivity index (χ0n) is 8.72. The first-order chi connectivity index (χ1) is 7.88. The average molecular weight is 219 g/mol. The molecule has 0 bridgehead atoms. The van der Waals surface area contributed by atoms with Gasteiger partial charge in [-0.15, -0.1) is 0 Å². The molecule has 0 radical (unpaired) electrons. The number of hydrogen-bond acceptors (Lipinski definition) is 5. The van der Waals surface area contributed by atoms with Crippen LogP contribution in [0.4, 0.5) is 0 Å². The average Bonchev–Trinajstić information content (AvgIpc) is 2.78. The van der Waals surface area contributed by atoms with Crippen molar-refractivity contribution < 1.29 is 9.53 Å². The standard InChI is InChI=1S/C11H13N3O2/c15-6-10-12-11(14-13-10)8-16-7-9-4-2-1-3-5-9/h1-6,10,13H,7-8H2,(H,12,14). The number of hydrazine groups is 1. The van der Waals surface area contributed by atoms with Gasteiger partial charge in [0.1, 0.15) is 12.4 Å². The monoisotopic (exact) mass is 219 g/mol. The summed E-state index contributed by atoms with van der Waals surface area (Å²) in [6.07, 6.45) is 0.243. The number of nitrogens with one attached hydrogen (secondary N) is 2. The van der Waals surface area contributed by atoms with Crippen LogP contribution in [0.2, 0.25) is 0 Å². The lowest BCUT2D eigenvalue weighted by molar-refractivity contribution is -0.109. The molecule has 0 aromatic heterocycles. The van der Waals surface area contributed by atoms with Gasteiger partial charge in [0.15, 0.2) is 12.5 Å². The van der Waals surface area contributed by atoms with Gasteiger partial charge in [0.2, 0.25) is 0 Å². The maximum absolute atomic E-state index is 10.4. The Morgan fingerprint density at radius 3 is 2.81 bits per heavy atom. The molecular formula is C11H13N3O2. The Labute approximate surface area is 93.5 Å². The van der Waals surface area contributed by atoms with Gasteiger partial charge in [-0.05, 0) is 5.56 Å². The number of carbonyl (C=O) groups is 1. The first kappa shape index (κ1) is 10.8. The Morgan fingerprint density at radius 2 is 2.12 bits per heavy atom. The summed E-state index contributed by atoms with van der Waals surface area (Å²) < 4.78 is 5.45. The second-order valence-electron chi connectivity index (χ2n) is 3.40. The molecule has 1 aromatic rings. The number of benzene rings is 1. The number of rotatable bonds is 5.